The van der Waals surface area contributed by atoms with Crippen LogP contribution in [0.25, 0.3) is 0 Å². The zero-order valence-corrected chi connectivity index (χ0v) is 9.75. The van der Waals surface area contributed by atoms with E-state index < -0.39 is 0 Å². The topological polar surface area (TPSA) is 49.4 Å². The molecule has 1 fully saturated rings. The van der Waals surface area contributed by atoms with Gasteiger partial charge in [0.15, 0.2) is 0 Å². The van der Waals surface area contributed by atoms with Crippen LogP contribution in [0.1, 0.15) is 33.6 Å². The van der Waals surface area contributed by atoms with E-state index in [0.29, 0.717) is 32.0 Å². The summed E-state index contributed by atoms with van der Waals surface area (Å²) >= 11 is 0. The van der Waals surface area contributed by atoms with Crippen molar-refractivity contribution in [3.63, 3.8) is 0 Å². The molecule has 0 unspecified atom stereocenters. The van der Waals surface area contributed by atoms with Crippen LogP contribution in [0.2, 0.25) is 0 Å². The standard InChI is InChI=1S/C11H20N2O2/c1-8(2)12-4-5-13-10(14)6-9(3)7-11(13)15/h8-9,12H,4-7H2,1-3H3. The van der Waals surface area contributed by atoms with E-state index in [4.69, 9.17) is 0 Å². The van der Waals surface area contributed by atoms with Gasteiger partial charge in [-0.15, -0.1) is 0 Å². The number of imide groups is 1. The third-order valence-corrected chi connectivity index (χ3v) is 2.54. The number of nitrogens with one attached hydrogen (secondary N) is 1. The van der Waals surface area contributed by atoms with Crippen LogP contribution in [0.4, 0.5) is 0 Å². The van der Waals surface area contributed by atoms with Gasteiger partial charge in [0.25, 0.3) is 0 Å². The summed E-state index contributed by atoms with van der Waals surface area (Å²) in [6.45, 7) is 7.22. The number of amides is 2. The molecule has 1 heterocycles. The van der Waals surface area contributed by atoms with Crippen LogP contribution in [0, 0.1) is 5.92 Å². The van der Waals surface area contributed by atoms with E-state index in [1.807, 2.05) is 20.8 Å². The van der Waals surface area contributed by atoms with Crippen LogP contribution in [0.5, 0.6) is 0 Å². The van der Waals surface area contributed by atoms with Crippen molar-refractivity contribution in [2.24, 2.45) is 5.92 Å². The SMILES string of the molecule is CC1CC(=O)N(CCNC(C)C)C(=O)C1. The van der Waals surface area contributed by atoms with Crippen molar-refractivity contribution < 1.29 is 9.59 Å². The van der Waals surface area contributed by atoms with Crippen LogP contribution in [0.3, 0.4) is 0 Å². The van der Waals surface area contributed by atoms with Crippen molar-refractivity contribution in [3.05, 3.63) is 0 Å². The lowest BCUT2D eigenvalue weighted by Crippen LogP contribution is -2.46. The minimum atomic E-state index is -0.0238. The number of likely N-dealkylation sites (tertiary alicyclic amines) is 1. The van der Waals surface area contributed by atoms with Crippen molar-refractivity contribution in [2.45, 2.75) is 39.7 Å². The van der Waals surface area contributed by atoms with Gasteiger partial charge in [-0.2, -0.15) is 0 Å². The van der Waals surface area contributed by atoms with Gasteiger partial charge < -0.3 is 5.32 Å². The molecule has 0 atom stereocenters. The Morgan fingerprint density at radius 2 is 1.87 bits per heavy atom. The van der Waals surface area contributed by atoms with Gasteiger partial charge in [-0.3, -0.25) is 14.5 Å². The average Bonchev–Trinajstić information content (AvgIpc) is 2.08. The predicted molar refractivity (Wildman–Crippen MR) is 58.3 cm³/mol. The molecular formula is C11H20N2O2. The fourth-order valence-corrected chi connectivity index (χ4v) is 1.74. The summed E-state index contributed by atoms with van der Waals surface area (Å²) in [5, 5.41) is 3.20. The van der Waals surface area contributed by atoms with Crippen LogP contribution in [0.15, 0.2) is 0 Å². The summed E-state index contributed by atoms with van der Waals surface area (Å²) in [5.41, 5.74) is 0. The minimum absolute atomic E-state index is 0.0238. The molecule has 1 aliphatic heterocycles. The first-order valence-electron chi connectivity index (χ1n) is 5.57. The van der Waals surface area contributed by atoms with Gasteiger partial charge in [0.1, 0.15) is 0 Å². The molecule has 4 nitrogen and oxygen atoms in total. The Morgan fingerprint density at radius 3 is 2.33 bits per heavy atom. The monoisotopic (exact) mass is 212 g/mol. The third-order valence-electron chi connectivity index (χ3n) is 2.54. The summed E-state index contributed by atoms with van der Waals surface area (Å²) in [6, 6.07) is 0.388. The molecule has 0 saturated carbocycles. The highest BCUT2D eigenvalue weighted by Gasteiger charge is 2.29. The summed E-state index contributed by atoms with van der Waals surface area (Å²) in [5.74, 6) is 0.160. The fourth-order valence-electron chi connectivity index (χ4n) is 1.74. The van der Waals surface area contributed by atoms with E-state index in [9.17, 15) is 9.59 Å². The summed E-state index contributed by atoms with van der Waals surface area (Å²) in [4.78, 5) is 24.5. The number of hydrogen-bond acceptors (Lipinski definition) is 3. The zero-order valence-electron chi connectivity index (χ0n) is 9.75. The lowest BCUT2D eigenvalue weighted by molar-refractivity contribution is -0.149. The second kappa shape index (κ2) is 5.26. The van der Waals surface area contributed by atoms with Crippen molar-refractivity contribution in [1.29, 1.82) is 0 Å². The predicted octanol–water partition coefficient (Wildman–Crippen LogP) is 0.770. The van der Waals surface area contributed by atoms with E-state index >= 15 is 0 Å². The van der Waals surface area contributed by atoms with E-state index in [0.717, 1.165) is 0 Å². The quantitative estimate of drug-likeness (QED) is 0.700. The number of rotatable bonds is 4. The van der Waals surface area contributed by atoms with Gasteiger partial charge in [-0.05, 0) is 5.92 Å². The molecule has 15 heavy (non-hydrogen) atoms. The van der Waals surface area contributed by atoms with E-state index in [1.165, 1.54) is 4.90 Å². The lowest BCUT2D eigenvalue weighted by atomic mass is 9.98. The lowest BCUT2D eigenvalue weighted by Gasteiger charge is -2.28. The molecule has 1 N–H and O–H groups in total. The Hall–Kier alpha value is -0.900. The molecule has 0 aliphatic carbocycles. The smallest absolute Gasteiger partial charge is 0.229 e. The average molecular weight is 212 g/mol. The fraction of sp³-hybridized carbons (Fsp3) is 0.818. The molecule has 0 aromatic heterocycles. The largest absolute Gasteiger partial charge is 0.313 e. The Kier molecular flexibility index (Phi) is 4.27. The maximum atomic E-state index is 11.6. The molecule has 4 heteroatoms. The number of carbonyl (C=O) groups excluding carboxylic acids is 2. The number of piperidine rings is 1. The summed E-state index contributed by atoms with van der Waals surface area (Å²) in [6.07, 6.45) is 1.01. The van der Waals surface area contributed by atoms with Gasteiger partial charge in [0.05, 0.1) is 0 Å². The Bertz CT molecular complexity index is 233. The molecule has 0 aromatic rings. The Balaban J connectivity index is 2.39. The molecule has 0 spiro atoms. The van der Waals surface area contributed by atoms with Crippen molar-refractivity contribution in [3.8, 4) is 0 Å². The van der Waals surface area contributed by atoms with Crippen molar-refractivity contribution in [1.82, 2.24) is 10.2 Å². The highest BCUT2D eigenvalue weighted by molar-refractivity contribution is 5.97. The summed E-state index contributed by atoms with van der Waals surface area (Å²) in [7, 11) is 0. The number of nitrogens with zero attached hydrogens (tertiary/aromatic N) is 1. The molecular weight excluding hydrogens is 192 g/mol. The van der Waals surface area contributed by atoms with Gasteiger partial charge >= 0.3 is 0 Å². The third kappa shape index (κ3) is 3.63. The van der Waals surface area contributed by atoms with Crippen molar-refractivity contribution in [2.75, 3.05) is 13.1 Å². The number of hydrogen-bond donors (Lipinski definition) is 1. The van der Waals surface area contributed by atoms with Gasteiger partial charge in [0.2, 0.25) is 11.8 Å². The molecule has 2 amide bonds. The molecule has 1 saturated heterocycles. The number of carbonyl (C=O) groups is 2. The first-order chi connectivity index (χ1) is 7.00. The van der Waals surface area contributed by atoms with E-state index in [-0.39, 0.29) is 17.7 Å². The first-order valence-corrected chi connectivity index (χ1v) is 5.57. The molecule has 1 aliphatic rings. The van der Waals surface area contributed by atoms with E-state index in [2.05, 4.69) is 5.32 Å². The zero-order chi connectivity index (χ0) is 11.4. The highest BCUT2D eigenvalue weighted by Crippen LogP contribution is 2.18. The Labute approximate surface area is 91.0 Å². The van der Waals surface area contributed by atoms with E-state index in [1.54, 1.807) is 0 Å². The second-order valence-electron chi connectivity index (χ2n) is 4.56. The first kappa shape index (κ1) is 12.2. The highest BCUT2D eigenvalue weighted by atomic mass is 16.2. The van der Waals surface area contributed by atoms with Crippen LogP contribution >= 0.6 is 0 Å². The van der Waals surface area contributed by atoms with Crippen LogP contribution < -0.4 is 5.32 Å². The van der Waals surface area contributed by atoms with Crippen LogP contribution in [-0.4, -0.2) is 35.8 Å². The molecule has 0 bridgehead atoms. The molecule has 0 aromatic carbocycles. The van der Waals surface area contributed by atoms with Gasteiger partial charge in [0, 0.05) is 32.0 Å². The molecule has 86 valence electrons. The maximum Gasteiger partial charge on any atom is 0.229 e. The Morgan fingerprint density at radius 1 is 1.33 bits per heavy atom. The summed E-state index contributed by atoms with van der Waals surface area (Å²) < 4.78 is 0. The maximum absolute atomic E-state index is 11.6. The second-order valence-corrected chi connectivity index (χ2v) is 4.56. The van der Waals surface area contributed by atoms with Crippen molar-refractivity contribution >= 4 is 11.8 Å². The van der Waals surface area contributed by atoms with Crippen LogP contribution in [-0.2, 0) is 9.59 Å². The normalized spacial score (nSPS) is 19.1. The minimum Gasteiger partial charge on any atom is -0.313 e. The van der Waals surface area contributed by atoms with Gasteiger partial charge in [-0.25, -0.2) is 0 Å². The molecule has 1 rings (SSSR count). The molecule has 0 radical (unpaired) electrons. The van der Waals surface area contributed by atoms with Gasteiger partial charge in [-0.1, -0.05) is 20.8 Å².